The van der Waals surface area contributed by atoms with Crippen molar-refractivity contribution in [2.45, 2.75) is 6.92 Å². The van der Waals surface area contributed by atoms with E-state index >= 15 is 0 Å². The minimum absolute atomic E-state index is 0.0902. The minimum Gasteiger partial charge on any atom is -0.462 e. The fraction of sp³-hybridized carbons (Fsp3) is 0.222. The van der Waals surface area contributed by atoms with Crippen LogP contribution in [0, 0.1) is 0 Å². The molecular formula is C18H18Cl2N2O5S. The van der Waals surface area contributed by atoms with Crippen molar-refractivity contribution in [2.24, 2.45) is 0 Å². The second-order valence-corrected chi connectivity index (χ2v) is 8.41. The van der Waals surface area contributed by atoms with Crippen LogP contribution in [0.3, 0.4) is 0 Å². The summed E-state index contributed by atoms with van der Waals surface area (Å²) < 4.78 is 30.1. The Hall–Kier alpha value is -2.29. The minimum atomic E-state index is -3.77. The molecule has 1 amide bonds. The normalized spacial score (nSPS) is 11.0. The molecule has 1 N–H and O–H groups in total. The SMILES string of the molecule is CCOC(=O)c1cc(NC(=O)CN(c2ccccc2Cl)S(C)(=O)=O)ccc1Cl. The first kappa shape index (κ1) is 22.0. The van der Waals surface area contributed by atoms with Gasteiger partial charge in [-0.05, 0) is 37.3 Å². The van der Waals surface area contributed by atoms with Gasteiger partial charge in [0.15, 0.2) is 0 Å². The number of anilines is 2. The highest BCUT2D eigenvalue weighted by Gasteiger charge is 2.23. The van der Waals surface area contributed by atoms with Crippen LogP contribution in [-0.4, -0.2) is 39.7 Å². The third-order valence-electron chi connectivity index (χ3n) is 3.55. The summed E-state index contributed by atoms with van der Waals surface area (Å²) in [6.45, 7) is 1.33. The zero-order valence-electron chi connectivity index (χ0n) is 15.1. The van der Waals surface area contributed by atoms with Gasteiger partial charge in [-0.25, -0.2) is 13.2 Å². The van der Waals surface area contributed by atoms with E-state index in [0.717, 1.165) is 10.6 Å². The number of rotatable bonds is 7. The van der Waals surface area contributed by atoms with Crippen LogP contribution >= 0.6 is 23.2 Å². The first-order valence-corrected chi connectivity index (χ1v) is 10.7. The number of sulfonamides is 1. The van der Waals surface area contributed by atoms with Gasteiger partial charge in [0.1, 0.15) is 6.54 Å². The van der Waals surface area contributed by atoms with Crippen molar-refractivity contribution >= 4 is 56.5 Å². The Bertz CT molecular complexity index is 995. The van der Waals surface area contributed by atoms with Gasteiger partial charge in [0, 0.05) is 5.69 Å². The summed E-state index contributed by atoms with van der Waals surface area (Å²) in [5, 5.41) is 2.91. The summed E-state index contributed by atoms with van der Waals surface area (Å²) in [4.78, 5) is 24.4. The zero-order valence-corrected chi connectivity index (χ0v) is 17.4. The van der Waals surface area contributed by atoms with E-state index in [0.29, 0.717) is 0 Å². The lowest BCUT2D eigenvalue weighted by atomic mass is 10.2. The molecule has 0 heterocycles. The average molecular weight is 445 g/mol. The largest absolute Gasteiger partial charge is 0.462 e. The van der Waals surface area contributed by atoms with Gasteiger partial charge >= 0.3 is 5.97 Å². The van der Waals surface area contributed by atoms with Crippen LogP contribution in [0.5, 0.6) is 0 Å². The Morgan fingerprint density at radius 3 is 2.39 bits per heavy atom. The number of esters is 1. The van der Waals surface area contributed by atoms with Crippen molar-refractivity contribution in [3.8, 4) is 0 Å². The number of hydrogen-bond acceptors (Lipinski definition) is 5. The number of amides is 1. The third kappa shape index (κ3) is 5.60. The molecule has 0 aliphatic heterocycles. The van der Waals surface area contributed by atoms with E-state index in [4.69, 9.17) is 27.9 Å². The Kier molecular flexibility index (Phi) is 7.29. The second kappa shape index (κ2) is 9.27. The topological polar surface area (TPSA) is 92.8 Å². The van der Waals surface area contributed by atoms with Crippen molar-refractivity contribution in [2.75, 3.05) is 29.0 Å². The first-order valence-electron chi connectivity index (χ1n) is 8.12. The second-order valence-electron chi connectivity index (χ2n) is 5.68. The number of hydrogen-bond donors (Lipinski definition) is 1. The van der Waals surface area contributed by atoms with Gasteiger partial charge < -0.3 is 10.1 Å². The van der Waals surface area contributed by atoms with Crippen LogP contribution in [0.1, 0.15) is 17.3 Å². The Balaban J connectivity index is 2.23. The summed E-state index contributed by atoms with van der Waals surface area (Å²) in [5.41, 5.74) is 0.544. The fourth-order valence-corrected chi connectivity index (χ4v) is 3.69. The van der Waals surface area contributed by atoms with Gasteiger partial charge in [0.2, 0.25) is 15.9 Å². The number of carbonyl (C=O) groups is 2. The molecule has 2 rings (SSSR count). The molecule has 28 heavy (non-hydrogen) atoms. The number of ether oxygens (including phenoxy) is 1. The standard InChI is InChI=1S/C18H18Cl2N2O5S/c1-3-27-18(24)13-10-12(8-9-14(13)19)21-17(23)11-22(28(2,25)26)16-7-5-4-6-15(16)20/h4-10H,3,11H2,1-2H3,(H,21,23). The molecular weight excluding hydrogens is 427 g/mol. The predicted octanol–water partition coefficient (Wildman–Crippen LogP) is 3.57. The summed E-state index contributed by atoms with van der Waals surface area (Å²) in [7, 11) is -3.77. The van der Waals surface area contributed by atoms with Crippen molar-refractivity contribution in [3.05, 3.63) is 58.1 Å². The highest BCUT2D eigenvalue weighted by Crippen LogP contribution is 2.27. The van der Waals surface area contributed by atoms with E-state index < -0.39 is 28.4 Å². The highest BCUT2D eigenvalue weighted by atomic mass is 35.5. The molecule has 7 nitrogen and oxygen atoms in total. The molecule has 0 unspecified atom stereocenters. The van der Waals surface area contributed by atoms with Crippen molar-refractivity contribution in [3.63, 3.8) is 0 Å². The molecule has 0 atom stereocenters. The molecule has 0 saturated heterocycles. The van der Waals surface area contributed by atoms with Crippen LogP contribution in [0.25, 0.3) is 0 Å². The van der Waals surface area contributed by atoms with Gasteiger partial charge in [0.05, 0.1) is 34.2 Å². The summed E-state index contributed by atoms with van der Waals surface area (Å²) in [6, 6.07) is 10.6. The van der Waals surface area contributed by atoms with E-state index in [1.165, 1.54) is 30.3 Å². The number of halogens is 2. The lowest BCUT2D eigenvalue weighted by molar-refractivity contribution is -0.114. The number of carbonyl (C=O) groups excluding carboxylic acids is 2. The predicted molar refractivity (Wildman–Crippen MR) is 110 cm³/mol. The first-order chi connectivity index (χ1) is 13.1. The lowest BCUT2D eigenvalue weighted by Crippen LogP contribution is -2.37. The average Bonchev–Trinajstić information content (AvgIpc) is 2.61. The number of nitrogens with one attached hydrogen (secondary N) is 1. The van der Waals surface area contributed by atoms with Crippen LogP contribution in [0.4, 0.5) is 11.4 Å². The van der Waals surface area contributed by atoms with Crippen LogP contribution < -0.4 is 9.62 Å². The van der Waals surface area contributed by atoms with Crippen molar-refractivity contribution < 1.29 is 22.7 Å². The molecule has 2 aromatic rings. The smallest absolute Gasteiger partial charge is 0.339 e. The number of nitrogens with zero attached hydrogens (tertiary/aromatic N) is 1. The van der Waals surface area contributed by atoms with Crippen LogP contribution in [0.2, 0.25) is 10.0 Å². The molecule has 2 aromatic carbocycles. The van der Waals surface area contributed by atoms with Gasteiger partial charge in [-0.3, -0.25) is 9.10 Å². The Labute approximate surface area is 173 Å². The molecule has 0 fully saturated rings. The zero-order chi connectivity index (χ0) is 20.9. The molecule has 0 bridgehead atoms. The monoisotopic (exact) mass is 444 g/mol. The van der Waals surface area contributed by atoms with E-state index in [-0.39, 0.29) is 33.6 Å². The lowest BCUT2D eigenvalue weighted by Gasteiger charge is -2.22. The van der Waals surface area contributed by atoms with Crippen molar-refractivity contribution in [1.29, 1.82) is 0 Å². The highest BCUT2D eigenvalue weighted by molar-refractivity contribution is 7.92. The molecule has 0 radical (unpaired) electrons. The number of benzene rings is 2. The number of para-hydroxylation sites is 1. The summed E-state index contributed by atoms with van der Waals surface area (Å²) >= 11 is 12.1. The van der Waals surface area contributed by atoms with E-state index in [2.05, 4.69) is 5.32 Å². The van der Waals surface area contributed by atoms with E-state index in [1.54, 1.807) is 19.1 Å². The molecule has 0 saturated carbocycles. The maximum absolute atomic E-state index is 12.4. The van der Waals surface area contributed by atoms with E-state index in [1.807, 2.05) is 0 Å². The Morgan fingerprint density at radius 2 is 1.79 bits per heavy atom. The molecule has 0 aromatic heterocycles. The fourth-order valence-electron chi connectivity index (χ4n) is 2.33. The third-order valence-corrected chi connectivity index (χ3v) is 5.33. The maximum Gasteiger partial charge on any atom is 0.339 e. The van der Waals surface area contributed by atoms with Gasteiger partial charge in [-0.15, -0.1) is 0 Å². The molecule has 150 valence electrons. The van der Waals surface area contributed by atoms with Gasteiger partial charge in [-0.1, -0.05) is 35.3 Å². The van der Waals surface area contributed by atoms with Gasteiger partial charge in [0.25, 0.3) is 0 Å². The van der Waals surface area contributed by atoms with Crippen LogP contribution in [-0.2, 0) is 19.6 Å². The van der Waals surface area contributed by atoms with Crippen molar-refractivity contribution in [1.82, 2.24) is 0 Å². The maximum atomic E-state index is 12.4. The van der Waals surface area contributed by atoms with Gasteiger partial charge in [-0.2, -0.15) is 0 Å². The molecule has 0 spiro atoms. The quantitative estimate of drug-likeness (QED) is 0.658. The Morgan fingerprint density at radius 1 is 1.11 bits per heavy atom. The molecule has 0 aliphatic rings. The molecule has 10 heteroatoms. The molecule has 0 aliphatic carbocycles. The van der Waals surface area contributed by atoms with Crippen LogP contribution in [0.15, 0.2) is 42.5 Å². The summed E-state index contributed by atoms with van der Waals surface area (Å²) in [5.74, 6) is -1.25. The van der Waals surface area contributed by atoms with E-state index in [9.17, 15) is 18.0 Å². The summed E-state index contributed by atoms with van der Waals surface area (Å²) in [6.07, 6.45) is 0.977.